The smallest absolute Gasteiger partial charge is 0.328 e. The van der Waals surface area contributed by atoms with Gasteiger partial charge in [0, 0.05) is 64.2 Å². The zero-order valence-electron chi connectivity index (χ0n) is 32.5. The van der Waals surface area contributed by atoms with Crippen LogP contribution in [-0.2, 0) is 45.1 Å². The van der Waals surface area contributed by atoms with Crippen LogP contribution in [0.25, 0.3) is 11.1 Å². The third-order valence-corrected chi connectivity index (χ3v) is 10.8. The average molecular weight is 769 g/mol. The topological polar surface area (TPSA) is 113 Å². The molecule has 296 valence electrons. The molecule has 0 unspecified atom stereocenters. The summed E-state index contributed by atoms with van der Waals surface area (Å²) in [6.45, 7) is 6.11. The van der Waals surface area contributed by atoms with Gasteiger partial charge in [0.25, 0.3) is 0 Å². The molecule has 2 saturated heterocycles. The summed E-state index contributed by atoms with van der Waals surface area (Å²) in [5, 5.41) is 15.3. The number of nitrogens with one attached hydrogen (secondary N) is 2. The van der Waals surface area contributed by atoms with E-state index in [0.717, 1.165) is 84.6 Å². The van der Waals surface area contributed by atoms with Gasteiger partial charge < -0.3 is 30.0 Å². The minimum Gasteiger partial charge on any atom is -0.467 e. The van der Waals surface area contributed by atoms with Crippen molar-refractivity contribution in [2.24, 2.45) is 0 Å². The molecule has 0 radical (unpaired) electrons. The number of methoxy groups -OCH3 is 1. The van der Waals surface area contributed by atoms with E-state index in [1.54, 1.807) is 0 Å². The first-order chi connectivity index (χ1) is 27.9. The molecule has 2 heterocycles. The molecule has 3 N–H and O–H groups in total. The van der Waals surface area contributed by atoms with Crippen molar-refractivity contribution in [2.75, 3.05) is 39.8 Å². The van der Waals surface area contributed by atoms with Crippen LogP contribution < -0.4 is 10.6 Å². The lowest BCUT2D eigenvalue weighted by Gasteiger charge is -2.40. The van der Waals surface area contributed by atoms with Crippen molar-refractivity contribution in [1.29, 1.82) is 0 Å². The van der Waals surface area contributed by atoms with E-state index in [1.165, 1.54) is 12.7 Å². The largest absolute Gasteiger partial charge is 0.467 e. The number of carbonyl (C=O) groups excluding carboxylic acids is 2. The van der Waals surface area contributed by atoms with Crippen molar-refractivity contribution < 1.29 is 28.9 Å². The van der Waals surface area contributed by atoms with Crippen LogP contribution in [0.2, 0.25) is 0 Å². The van der Waals surface area contributed by atoms with E-state index in [2.05, 4.69) is 87.2 Å². The number of aliphatic hydroxyl groups excluding tert-OH is 1. The summed E-state index contributed by atoms with van der Waals surface area (Å²) in [4.78, 5) is 30.3. The lowest BCUT2D eigenvalue weighted by molar-refractivity contribution is -0.253. The lowest BCUT2D eigenvalue weighted by atomic mass is 9.98. The third kappa shape index (κ3) is 11.2. The molecule has 57 heavy (non-hydrogen) atoms. The number of ether oxygens (including phenoxy) is 3. The molecule has 7 rings (SSSR count). The highest BCUT2D eigenvalue weighted by molar-refractivity contribution is 5.83. The molecule has 5 aromatic rings. The second kappa shape index (κ2) is 19.7. The van der Waals surface area contributed by atoms with Crippen LogP contribution in [0, 0.1) is 0 Å². The second-order valence-electron chi connectivity index (χ2n) is 14.8. The fraction of sp³-hybridized carbons (Fsp3) is 0.319. The van der Waals surface area contributed by atoms with Crippen LogP contribution in [0.4, 0.5) is 4.79 Å². The third-order valence-electron chi connectivity index (χ3n) is 10.8. The van der Waals surface area contributed by atoms with Crippen LogP contribution in [-0.4, -0.2) is 78.9 Å². The van der Waals surface area contributed by atoms with E-state index in [4.69, 9.17) is 14.2 Å². The molecule has 10 nitrogen and oxygen atoms in total. The summed E-state index contributed by atoms with van der Waals surface area (Å²) in [6, 6.07) is 43.2. The number of piperazine rings is 1. The van der Waals surface area contributed by atoms with Crippen LogP contribution in [0.1, 0.15) is 52.2 Å². The first-order valence-electron chi connectivity index (χ1n) is 19.8. The Kier molecular flexibility index (Phi) is 13.8. The molecule has 10 heteroatoms. The molecule has 0 aliphatic carbocycles. The first kappa shape index (κ1) is 39.9. The van der Waals surface area contributed by atoms with E-state index in [-0.39, 0.29) is 25.4 Å². The van der Waals surface area contributed by atoms with Gasteiger partial charge in [0.05, 0.1) is 25.9 Å². The normalized spacial score (nSPS) is 19.4. The number of carbonyl (C=O) groups is 2. The number of rotatable bonds is 14. The Hall–Kier alpha value is -5.36. The average Bonchev–Trinajstić information content (AvgIpc) is 3.26. The summed E-state index contributed by atoms with van der Waals surface area (Å²) in [6.07, 6.45) is 0.365. The van der Waals surface area contributed by atoms with E-state index in [9.17, 15) is 14.7 Å². The number of urea groups is 1. The second-order valence-corrected chi connectivity index (χ2v) is 14.8. The Morgan fingerprint density at radius 3 is 2.05 bits per heavy atom. The molecule has 2 amide bonds. The van der Waals surface area contributed by atoms with Gasteiger partial charge in [-0.25, -0.2) is 9.59 Å². The molecule has 0 bridgehead atoms. The van der Waals surface area contributed by atoms with Crippen molar-refractivity contribution in [1.82, 2.24) is 20.4 Å². The molecule has 2 aliphatic heterocycles. The van der Waals surface area contributed by atoms with Gasteiger partial charge in [-0.2, -0.15) is 0 Å². The Morgan fingerprint density at radius 1 is 0.719 bits per heavy atom. The van der Waals surface area contributed by atoms with Crippen LogP contribution >= 0.6 is 0 Å². The van der Waals surface area contributed by atoms with E-state index in [1.807, 2.05) is 66.7 Å². The van der Waals surface area contributed by atoms with Gasteiger partial charge in [0.1, 0.15) is 6.04 Å². The fourth-order valence-corrected chi connectivity index (χ4v) is 7.56. The monoisotopic (exact) mass is 768 g/mol. The molecule has 4 atom stereocenters. The number of hydrogen-bond acceptors (Lipinski definition) is 8. The summed E-state index contributed by atoms with van der Waals surface area (Å²) in [5.41, 5.74) is 8.11. The summed E-state index contributed by atoms with van der Waals surface area (Å²) in [7, 11) is 1.32. The zero-order chi connectivity index (χ0) is 39.4. The highest BCUT2D eigenvalue weighted by Crippen LogP contribution is 2.39. The standard InChI is InChI=1S/C47H52N4O6/c1-55-45(53)43(28-34-9-4-2-5-10-34)49-47(54)48-30-37-13-8-14-41(27-37)38-19-21-40(22-20-38)46-56-42(29-44(57-46)39-17-15-36(33-52)16-18-39)32-51-25-23-50(24-26-51)31-35-11-6-3-7-12-35/h2-22,27,42-44,46,52H,23-26,28-33H2,1H3,(H2,48,49,54)/t42-,43-,44+,46+/m0/s1. The number of esters is 1. The number of amides is 2. The van der Waals surface area contributed by atoms with Gasteiger partial charge >= 0.3 is 12.0 Å². The maximum absolute atomic E-state index is 12.9. The number of aliphatic hydroxyl groups is 1. The minimum atomic E-state index is -0.808. The summed E-state index contributed by atoms with van der Waals surface area (Å²) < 4.78 is 18.3. The predicted octanol–water partition coefficient (Wildman–Crippen LogP) is 6.79. The molecular weight excluding hydrogens is 717 g/mol. The highest BCUT2D eigenvalue weighted by atomic mass is 16.7. The van der Waals surface area contributed by atoms with Crippen LogP contribution in [0.3, 0.4) is 0 Å². The van der Waals surface area contributed by atoms with Gasteiger partial charge in [0.15, 0.2) is 6.29 Å². The molecular formula is C47H52N4O6. The van der Waals surface area contributed by atoms with Crippen molar-refractivity contribution in [3.8, 4) is 11.1 Å². The molecule has 0 spiro atoms. The van der Waals surface area contributed by atoms with Gasteiger partial charge in [-0.1, -0.05) is 127 Å². The van der Waals surface area contributed by atoms with Gasteiger partial charge in [-0.3, -0.25) is 9.80 Å². The molecule has 2 aliphatic rings. The highest BCUT2D eigenvalue weighted by Gasteiger charge is 2.34. The Labute approximate surface area is 335 Å². The number of nitrogens with zero attached hydrogens (tertiary/aromatic N) is 2. The molecule has 0 aromatic heterocycles. The summed E-state index contributed by atoms with van der Waals surface area (Å²) in [5.74, 6) is -0.501. The Morgan fingerprint density at radius 2 is 1.37 bits per heavy atom. The fourth-order valence-electron chi connectivity index (χ4n) is 7.56. The minimum absolute atomic E-state index is 0.00414. The van der Waals surface area contributed by atoms with Crippen molar-refractivity contribution in [2.45, 2.75) is 57.1 Å². The van der Waals surface area contributed by atoms with Crippen LogP contribution in [0.15, 0.2) is 133 Å². The lowest BCUT2D eigenvalue weighted by Crippen LogP contribution is -2.49. The quantitative estimate of drug-likeness (QED) is 0.106. The van der Waals surface area contributed by atoms with Gasteiger partial charge in [-0.05, 0) is 45.0 Å². The first-order valence-corrected chi connectivity index (χ1v) is 19.8. The molecule has 0 saturated carbocycles. The Balaban J connectivity index is 0.978. The van der Waals surface area contributed by atoms with Crippen molar-refractivity contribution in [3.63, 3.8) is 0 Å². The summed E-state index contributed by atoms with van der Waals surface area (Å²) >= 11 is 0. The SMILES string of the molecule is COC(=O)[C@H](Cc1ccccc1)NC(=O)NCc1cccc(-c2ccc([C@@H]3O[C@H](CN4CCN(Cc5ccccc5)CC4)C[C@H](c4ccc(CO)cc4)O3)cc2)c1. The van der Waals surface area contributed by atoms with Crippen molar-refractivity contribution >= 4 is 12.0 Å². The number of hydrogen-bond donors (Lipinski definition) is 3. The van der Waals surface area contributed by atoms with Gasteiger partial charge in [-0.15, -0.1) is 0 Å². The Bertz CT molecular complexity index is 2020. The predicted molar refractivity (Wildman–Crippen MR) is 220 cm³/mol. The number of benzene rings is 5. The zero-order valence-corrected chi connectivity index (χ0v) is 32.5. The maximum atomic E-state index is 12.9. The molecule has 2 fully saturated rings. The van der Waals surface area contributed by atoms with Crippen LogP contribution in [0.5, 0.6) is 0 Å². The van der Waals surface area contributed by atoms with Gasteiger partial charge in [0.2, 0.25) is 0 Å². The van der Waals surface area contributed by atoms with E-state index in [0.29, 0.717) is 6.42 Å². The van der Waals surface area contributed by atoms with E-state index >= 15 is 0 Å². The maximum Gasteiger partial charge on any atom is 0.328 e. The van der Waals surface area contributed by atoms with E-state index < -0.39 is 24.3 Å². The van der Waals surface area contributed by atoms with Crippen molar-refractivity contribution in [3.05, 3.63) is 167 Å². The molecule has 5 aromatic carbocycles.